The standard InChI is InChI=1S/C32H41BO2.C30H29BO2.C21H25BO2.C18H21BO2/c1-29(2,3)26-15-11-22(12-16-26)24-19-25(23-13-17-27(18-14-23)30(4,5)6)21-28(20-24)33-34-31(7,8)32(9,10)35-33;1-29(2)30(3,4)33-31(32-29)28-17-11-16-24(21-28)27-19-25(22-12-7-5-8-13-22)18-26(20-27)23-14-9-6-10-15-23;1-19(2)15-11-8-7-10-14(15)18-16(19)12-9-13-17(18)22-23-20(3,4)21(5,6)24-22;1-17(2)18(3,4)21-19(20-17)16-12-8-11-15(13-16)14-9-6-5-7-10-14/h11-21H,1-10H3;5-21H,1-4H3;7-13H,1-6H3;5-13H,1-4H3. The largest absolute Gasteiger partial charge is 0.495 e. The number of hydrogen-bond donors (Lipinski definition) is 0. The molecule has 4 aliphatic heterocycles. The van der Waals surface area contributed by atoms with E-state index in [9.17, 15) is 0 Å². The summed E-state index contributed by atoms with van der Waals surface area (Å²) in [5.41, 5.74) is 24.1. The molecule has 0 aromatic heterocycles. The molecule has 0 atom stereocenters. The molecule has 4 saturated heterocycles. The van der Waals surface area contributed by atoms with Crippen LogP contribution in [0.15, 0.2) is 267 Å². The molecule has 11 aromatic rings. The van der Waals surface area contributed by atoms with Gasteiger partial charge in [0.25, 0.3) is 0 Å². The first kappa shape index (κ1) is 82.3. The maximum absolute atomic E-state index is 6.44. The molecule has 113 heavy (non-hydrogen) atoms. The molecule has 0 N–H and O–H groups in total. The molecule has 0 unspecified atom stereocenters. The van der Waals surface area contributed by atoms with Crippen LogP contribution >= 0.6 is 0 Å². The van der Waals surface area contributed by atoms with Crippen LogP contribution in [0, 0.1) is 0 Å². The highest BCUT2D eigenvalue weighted by Gasteiger charge is 2.56. The summed E-state index contributed by atoms with van der Waals surface area (Å²) in [7, 11) is -1.41. The highest BCUT2D eigenvalue weighted by atomic mass is 16.7. The maximum atomic E-state index is 6.44. The van der Waals surface area contributed by atoms with Crippen molar-refractivity contribution in [1.29, 1.82) is 0 Å². The van der Waals surface area contributed by atoms with E-state index >= 15 is 0 Å². The first-order valence-electron chi connectivity index (χ1n) is 40.5. The van der Waals surface area contributed by atoms with Crippen LogP contribution in [0.25, 0.3) is 77.9 Å². The molecule has 4 fully saturated rings. The molecule has 11 aromatic carbocycles. The Hall–Kier alpha value is -8.64. The van der Waals surface area contributed by atoms with Crippen molar-refractivity contribution < 1.29 is 37.2 Å². The van der Waals surface area contributed by atoms with E-state index in [2.05, 4.69) is 427 Å². The zero-order chi connectivity index (χ0) is 81.3. The average molecular weight is 1500 g/mol. The number of rotatable bonds is 10. The van der Waals surface area contributed by atoms with E-state index in [-0.39, 0.29) is 82.4 Å². The fourth-order valence-corrected chi connectivity index (χ4v) is 15.1. The minimum Gasteiger partial charge on any atom is -0.399 e. The minimum absolute atomic E-state index is 0.00553. The van der Waals surface area contributed by atoms with Gasteiger partial charge in [-0.25, -0.2) is 0 Å². The summed E-state index contributed by atoms with van der Waals surface area (Å²) in [4.78, 5) is 0. The topological polar surface area (TPSA) is 73.8 Å². The summed E-state index contributed by atoms with van der Waals surface area (Å²) in [5, 5.41) is 0. The Morgan fingerprint density at radius 3 is 0.832 bits per heavy atom. The lowest BCUT2D eigenvalue weighted by molar-refractivity contribution is 0.00578. The normalized spacial score (nSPS) is 18.7. The molecule has 16 rings (SSSR count). The first-order valence-corrected chi connectivity index (χ1v) is 40.5. The summed E-state index contributed by atoms with van der Waals surface area (Å²) in [6.07, 6.45) is 0. The van der Waals surface area contributed by atoms with Crippen LogP contribution in [-0.2, 0) is 53.5 Å². The summed E-state index contributed by atoms with van der Waals surface area (Å²) < 4.78 is 50.4. The van der Waals surface area contributed by atoms with Crippen LogP contribution in [0.1, 0.15) is 188 Å². The highest BCUT2D eigenvalue weighted by molar-refractivity contribution is 6.64. The van der Waals surface area contributed by atoms with Crippen molar-refractivity contribution in [1.82, 2.24) is 0 Å². The molecule has 0 spiro atoms. The molecular formula is C101H116B4O8. The van der Waals surface area contributed by atoms with E-state index in [1.807, 2.05) is 6.07 Å². The summed E-state index contributed by atoms with van der Waals surface area (Å²) >= 11 is 0. The van der Waals surface area contributed by atoms with Crippen LogP contribution in [0.5, 0.6) is 0 Å². The van der Waals surface area contributed by atoms with Crippen molar-refractivity contribution in [2.24, 2.45) is 0 Å². The fraction of sp³-hybridized carbons (Fsp3) is 0.347. The monoisotopic (exact) mass is 1500 g/mol. The van der Waals surface area contributed by atoms with Gasteiger partial charge in [0, 0.05) is 5.41 Å². The van der Waals surface area contributed by atoms with Gasteiger partial charge in [0.15, 0.2) is 0 Å². The van der Waals surface area contributed by atoms with Crippen LogP contribution in [0.2, 0.25) is 0 Å². The lowest BCUT2D eigenvalue weighted by atomic mass is 9.73. The molecule has 0 radical (unpaired) electrons. The third-order valence-corrected chi connectivity index (χ3v) is 25.2. The predicted octanol–water partition coefficient (Wildman–Crippen LogP) is 22.8. The number of hydrogen-bond acceptors (Lipinski definition) is 8. The van der Waals surface area contributed by atoms with Crippen molar-refractivity contribution in [2.75, 3.05) is 0 Å². The van der Waals surface area contributed by atoms with Gasteiger partial charge in [-0.3, -0.25) is 0 Å². The maximum Gasteiger partial charge on any atom is 0.495 e. The van der Waals surface area contributed by atoms with Gasteiger partial charge in [-0.15, -0.1) is 0 Å². The molecule has 580 valence electrons. The van der Waals surface area contributed by atoms with Gasteiger partial charge in [-0.2, -0.15) is 0 Å². The van der Waals surface area contributed by atoms with Crippen molar-refractivity contribution in [2.45, 2.75) is 227 Å². The molecule has 1 aliphatic carbocycles. The average Bonchev–Trinajstić information content (AvgIpc) is 1.56. The molecule has 5 aliphatic rings. The van der Waals surface area contributed by atoms with Gasteiger partial charge in [-0.1, -0.05) is 298 Å². The van der Waals surface area contributed by atoms with Crippen LogP contribution in [0.4, 0.5) is 0 Å². The summed E-state index contributed by atoms with van der Waals surface area (Å²) in [6, 6.07) is 95.1. The van der Waals surface area contributed by atoms with Gasteiger partial charge in [0.2, 0.25) is 0 Å². The molecule has 4 heterocycles. The lowest BCUT2D eigenvalue weighted by Gasteiger charge is -2.32. The number of benzene rings is 11. The second kappa shape index (κ2) is 30.9. The van der Waals surface area contributed by atoms with E-state index in [0.717, 1.165) is 27.4 Å². The van der Waals surface area contributed by atoms with E-state index in [1.54, 1.807) is 0 Å². The second-order valence-electron chi connectivity index (χ2n) is 37.9. The molecule has 12 heteroatoms. The Kier molecular flexibility index (Phi) is 22.5. The SMILES string of the molecule is CC(C)(C)c1ccc(-c2cc(B3OC(C)(C)C(C)(C)O3)cc(-c3ccc(C(C)(C)C)cc3)c2)cc1.CC1(C)OB(c2cccc(-c3cc(-c4ccccc4)cc(-c4ccccc4)c3)c2)OC1(C)C.CC1(C)OB(c2cccc(-c3ccccc3)c2)OC1(C)C.CC1(C)c2ccccc2-c2c(B3OC(C)(C)C(C)(C)O3)cccc21. The molecular weight excluding hydrogens is 1380 g/mol. The highest BCUT2D eigenvalue weighted by Crippen LogP contribution is 2.50. The Morgan fingerprint density at radius 2 is 0.469 bits per heavy atom. The molecule has 0 amide bonds. The smallest absolute Gasteiger partial charge is 0.399 e. The second-order valence-corrected chi connectivity index (χ2v) is 37.9. The van der Waals surface area contributed by atoms with E-state index in [1.165, 1.54) is 94.6 Å². The van der Waals surface area contributed by atoms with Gasteiger partial charge < -0.3 is 37.2 Å². The van der Waals surface area contributed by atoms with Crippen molar-refractivity contribution in [3.05, 3.63) is 289 Å². The summed E-state index contributed by atoms with van der Waals surface area (Å²) in [5.74, 6) is 0. The fourth-order valence-electron chi connectivity index (χ4n) is 15.1. The van der Waals surface area contributed by atoms with Crippen molar-refractivity contribution in [3.63, 3.8) is 0 Å². The lowest BCUT2D eigenvalue weighted by Crippen LogP contribution is -2.41. The molecule has 0 saturated carbocycles. The Labute approximate surface area is 677 Å². The van der Waals surface area contributed by atoms with E-state index in [4.69, 9.17) is 37.2 Å². The van der Waals surface area contributed by atoms with Crippen LogP contribution in [0.3, 0.4) is 0 Å². The molecule has 8 nitrogen and oxygen atoms in total. The predicted molar refractivity (Wildman–Crippen MR) is 476 cm³/mol. The quantitative estimate of drug-likeness (QED) is 0.125. The van der Waals surface area contributed by atoms with E-state index in [0.29, 0.717) is 0 Å². The van der Waals surface area contributed by atoms with Crippen LogP contribution < -0.4 is 21.9 Å². The Bertz CT molecular complexity index is 4990. The van der Waals surface area contributed by atoms with Gasteiger partial charge >= 0.3 is 28.5 Å². The van der Waals surface area contributed by atoms with Crippen LogP contribution in [-0.4, -0.2) is 73.3 Å². The van der Waals surface area contributed by atoms with Crippen molar-refractivity contribution >= 4 is 50.3 Å². The zero-order valence-electron chi connectivity index (χ0n) is 71.5. The van der Waals surface area contributed by atoms with Gasteiger partial charge in [0.05, 0.1) is 44.8 Å². The third kappa shape index (κ3) is 17.2. The first-order chi connectivity index (χ1) is 52.9. The van der Waals surface area contributed by atoms with Crippen molar-refractivity contribution in [3.8, 4) is 77.9 Å². The van der Waals surface area contributed by atoms with Gasteiger partial charge in [-0.05, 0) is 268 Å². The molecule has 0 bridgehead atoms. The zero-order valence-corrected chi connectivity index (χ0v) is 71.5. The minimum atomic E-state index is -0.401. The van der Waals surface area contributed by atoms with Gasteiger partial charge in [0.1, 0.15) is 0 Å². The summed E-state index contributed by atoms with van der Waals surface area (Å²) in [6.45, 7) is 51.6. The third-order valence-electron chi connectivity index (χ3n) is 25.2. The van der Waals surface area contributed by atoms with E-state index < -0.39 is 7.12 Å². The Balaban J connectivity index is 0.000000134. The Morgan fingerprint density at radius 1 is 0.212 bits per heavy atom. The number of fused-ring (bicyclic) bond motifs is 3.